The Bertz CT molecular complexity index is 510. The summed E-state index contributed by atoms with van der Waals surface area (Å²) < 4.78 is 3.10. The van der Waals surface area contributed by atoms with Gasteiger partial charge < -0.3 is 9.67 Å². The van der Waals surface area contributed by atoms with Crippen molar-refractivity contribution in [2.45, 2.75) is 32.4 Å². The zero-order chi connectivity index (χ0) is 13.0. The predicted molar refractivity (Wildman–Crippen MR) is 75.5 cm³/mol. The van der Waals surface area contributed by atoms with Gasteiger partial charge in [0.25, 0.3) is 0 Å². The van der Waals surface area contributed by atoms with E-state index in [4.69, 9.17) is 0 Å². The van der Waals surface area contributed by atoms with Crippen molar-refractivity contribution in [2.75, 3.05) is 0 Å². The fraction of sp³-hybridized carbons (Fsp3) is 0.357. The maximum Gasteiger partial charge on any atom is 0.111 e. The van der Waals surface area contributed by atoms with E-state index in [1.165, 1.54) is 0 Å². The number of hydrogen-bond donors (Lipinski definition) is 1. The summed E-state index contributed by atoms with van der Waals surface area (Å²) in [6, 6.07) is 7.98. The van der Waals surface area contributed by atoms with Crippen molar-refractivity contribution in [2.24, 2.45) is 0 Å². The monoisotopic (exact) mass is 308 g/mol. The summed E-state index contributed by atoms with van der Waals surface area (Å²) >= 11 is 3.50. The average Bonchev–Trinajstić information content (AvgIpc) is 2.79. The van der Waals surface area contributed by atoms with Crippen LogP contribution in [0.2, 0.25) is 0 Å². The van der Waals surface area contributed by atoms with Gasteiger partial charge in [0, 0.05) is 29.8 Å². The number of aromatic nitrogens is 2. The first-order valence-electron chi connectivity index (χ1n) is 6.12. The molecule has 0 aliphatic rings. The second-order valence-corrected chi connectivity index (χ2v) is 5.14. The Morgan fingerprint density at radius 3 is 2.83 bits per heavy atom. The fourth-order valence-electron chi connectivity index (χ4n) is 2.02. The van der Waals surface area contributed by atoms with Crippen LogP contribution in [0.15, 0.2) is 41.1 Å². The standard InChI is InChI=1S/C14H17BrN2O/c1-2-17-8-7-16-14(17)10-12(18)9-11-5-3-4-6-13(11)15/h3-8,12,18H,2,9-10H2,1H3. The lowest BCUT2D eigenvalue weighted by atomic mass is 10.1. The van der Waals surface area contributed by atoms with E-state index < -0.39 is 6.10 Å². The van der Waals surface area contributed by atoms with Gasteiger partial charge in [-0.1, -0.05) is 34.1 Å². The Kier molecular flexibility index (Phi) is 4.55. The minimum absolute atomic E-state index is 0.406. The molecule has 2 rings (SSSR count). The predicted octanol–water partition coefficient (Wildman–Crippen LogP) is 2.81. The van der Waals surface area contributed by atoms with Crippen LogP contribution in [0.5, 0.6) is 0 Å². The van der Waals surface area contributed by atoms with Gasteiger partial charge in [-0.15, -0.1) is 0 Å². The number of aryl methyl sites for hydroxylation is 1. The molecule has 4 heteroatoms. The number of aliphatic hydroxyl groups excluding tert-OH is 1. The molecule has 1 aromatic carbocycles. The molecule has 0 bridgehead atoms. The highest BCUT2D eigenvalue weighted by atomic mass is 79.9. The smallest absolute Gasteiger partial charge is 0.111 e. The van der Waals surface area contributed by atoms with Gasteiger partial charge in [-0.25, -0.2) is 4.98 Å². The molecule has 2 aromatic rings. The van der Waals surface area contributed by atoms with E-state index in [2.05, 4.69) is 32.4 Å². The summed E-state index contributed by atoms with van der Waals surface area (Å²) in [5.41, 5.74) is 1.12. The molecular formula is C14H17BrN2O. The Hall–Kier alpha value is -1.13. The minimum Gasteiger partial charge on any atom is -0.392 e. The van der Waals surface area contributed by atoms with Gasteiger partial charge >= 0.3 is 0 Å². The van der Waals surface area contributed by atoms with Gasteiger partial charge in [0.1, 0.15) is 5.82 Å². The molecule has 3 nitrogen and oxygen atoms in total. The highest BCUT2D eigenvalue weighted by Gasteiger charge is 2.12. The van der Waals surface area contributed by atoms with E-state index in [-0.39, 0.29) is 0 Å². The summed E-state index contributed by atoms with van der Waals surface area (Å²) in [6.07, 6.45) is 4.54. The number of imidazole rings is 1. The van der Waals surface area contributed by atoms with E-state index >= 15 is 0 Å². The third kappa shape index (κ3) is 3.21. The number of halogens is 1. The first-order valence-corrected chi connectivity index (χ1v) is 6.91. The average molecular weight is 309 g/mol. The van der Waals surface area contributed by atoms with Crippen molar-refractivity contribution in [3.05, 3.63) is 52.5 Å². The van der Waals surface area contributed by atoms with Crippen molar-refractivity contribution in [3.63, 3.8) is 0 Å². The Labute approximate surface area is 116 Å². The molecule has 96 valence electrons. The Morgan fingerprint density at radius 2 is 2.11 bits per heavy atom. The van der Waals surface area contributed by atoms with Crippen LogP contribution in [0.25, 0.3) is 0 Å². The molecule has 0 fully saturated rings. The largest absolute Gasteiger partial charge is 0.392 e. The van der Waals surface area contributed by atoms with Crippen LogP contribution >= 0.6 is 15.9 Å². The topological polar surface area (TPSA) is 38.0 Å². The molecule has 0 aliphatic carbocycles. The molecule has 1 atom stereocenters. The maximum absolute atomic E-state index is 10.1. The fourth-order valence-corrected chi connectivity index (χ4v) is 2.47. The number of nitrogens with zero attached hydrogens (tertiary/aromatic N) is 2. The quantitative estimate of drug-likeness (QED) is 0.922. The van der Waals surface area contributed by atoms with Gasteiger partial charge in [0.05, 0.1) is 6.10 Å². The molecule has 0 aliphatic heterocycles. The summed E-state index contributed by atoms with van der Waals surface area (Å²) in [4.78, 5) is 4.28. The van der Waals surface area contributed by atoms with Crippen LogP contribution in [0.3, 0.4) is 0 Å². The van der Waals surface area contributed by atoms with Crippen LogP contribution in [0.4, 0.5) is 0 Å². The lowest BCUT2D eigenvalue weighted by Gasteiger charge is -2.12. The van der Waals surface area contributed by atoms with Gasteiger partial charge in [-0.2, -0.15) is 0 Å². The molecule has 0 amide bonds. The molecule has 1 N–H and O–H groups in total. The molecule has 1 heterocycles. The van der Waals surface area contributed by atoms with Gasteiger partial charge in [0.15, 0.2) is 0 Å². The molecule has 0 saturated carbocycles. The lowest BCUT2D eigenvalue weighted by Crippen LogP contribution is -2.17. The van der Waals surface area contributed by atoms with E-state index in [1.54, 1.807) is 6.20 Å². The number of hydrogen-bond acceptors (Lipinski definition) is 2. The van der Waals surface area contributed by atoms with Crippen LogP contribution in [-0.2, 0) is 19.4 Å². The summed E-state index contributed by atoms with van der Waals surface area (Å²) in [5.74, 6) is 0.942. The number of aliphatic hydroxyl groups is 1. The lowest BCUT2D eigenvalue weighted by molar-refractivity contribution is 0.171. The number of rotatable bonds is 5. The molecule has 18 heavy (non-hydrogen) atoms. The van der Waals surface area contributed by atoms with E-state index in [9.17, 15) is 5.11 Å². The first kappa shape index (κ1) is 13.3. The zero-order valence-corrected chi connectivity index (χ0v) is 12.0. The summed E-state index contributed by atoms with van der Waals surface area (Å²) in [7, 11) is 0. The van der Waals surface area contributed by atoms with Gasteiger partial charge in [0.2, 0.25) is 0 Å². The number of benzene rings is 1. The van der Waals surface area contributed by atoms with E-state index in [0.29, 0.717) is 12.8 Å². The van der Waals surface area contributed by atoms with Crippen molar-refractivity contribution in [1.82, 2.24) is 9.55 Å². The molecule has 0 radical (unpaired) electrons. The normalized spacial score (nSPS) is 12.6. The first-order chi connectivity index (χ1) is 8.70. The molecule has 0 spiro atoms. The SMILES string of the molecule is CCn1ccnc1CC(O)Cc1ccccc1Br. The van der Waals surface area contributed by atoms with Crippen LogP contribution in [0, 0.1) is 0 Å². The van der Waals surface area contributed by atoms with Crippen molar-refractivity contribution in [3.8, 4) is 0 Å². The summed E-state index contributed by atoms with van der Waals surface area (Å²) in [5, 5.41) is 10.1. The summed E-state index contributed by atoms with van der Waals surface area (Å²) in [6.45, 7) is 2.96. The van der Waals surface area contributed by atoms with Crippen LogP contribution in [-0.4, -0.2) is 20.8 Å². The highest BCUT2D eigenvalue weighted by Crippen LogP contribution is 2.18. The molecular weight excluding hydrogens is 292 g/mol. The highest BCUT2D eigenvalue weighted by molar-refractivity contribution is 9.10. The van der Waals surface area contributed by atoms with Gasteiger partial charge in [-0.05, 0) is 25.0 Å². The third-order valence-electron chi connectivity index (χ3n) is 2.97. The maximum atomic E-state index is 10.1. The van der Waals surface area contributed by atoms with Crippen LogP contribution < -0.4 is 0 Å². The van der Waals surface area contributed by atoms with Crippen molar-refractivity contribution < 1.29 is 5.11 Å². The van der Waals surface area contributed by atoms with Gasteiger partial charge in [-0.3, -0.25) is 0 Å². The second kappa shape index (κ2) is 6.16. The third-order valence-corrected chi connectivity index (χ3v) is 3.75. The van der Waals surface area contributed by atoms with E-state index in [0.717, 1.165) is 22.4 Å². The second-order valence-electron chi connectivity index (χ2n) is 4.28. The Morgan fingerprint density at radius 1 is 1.33 bits per heavy atom. The molecule has 0 saturated heterocycles. The molecule has 1 aromatic heterocycles. The van der Waals surface area contributed by atoms with E-state index in [1.807, 2.05) is 30.5 Å². The van der Waals surface area contributed by atoms with Crippen LogP contribution in [0.1, 0.15) is 18.3 Å². The minimum atomic E-state index is -0.406. The Balaban J connectivity index is 2.01. The van der Waals surface area contributed by atoms with Crippen molar-refractivity contribution in [1.29, 1.82) is 0 Å². The molecule has 1 unspecified atom stereocenters. The zero-order valence-electron chi connectivity index (χ0n) is 10.4. The van der Waals surface area contributed by atoms with Crippen molar-refractivity contribution >= 4 is 15.9 Å².